The van der Waals surface area contributed by atoms with Crippen molar-refractivity contribution in [2.75, 3.05) is 37.8 Å². The normalized spacial score (nSPS) is 15.2. The molecule has 31 heavy (non-hydrogen) atoms. The van der Waals surface area contributed by atoms with Gasteiger partial charge in [0.2, 0.25) is 5.88 Å². The lowest BCUT2D eigenvalue weighted by Crippen LogP contribution is -2.36. The summed E-state index contributed by atoms with van der Waals surface area (Å²) in [5.41, 5.74) is 4.92. The van der Waals surface area contributed by atoms with Crippen molar-refractivity contribution >= 4 is 22.6 Å². The highest BCUT2D eigenvalue weighted by atomic mass is 16.5. The van der Waals surface area contributed by atoms with Gasteiger partial charge in [-0.15, -0.1) is 5.10 Å². The summed E-state index contributed by atoms with van der Waals surface area (Å²) in [4.78, 5) is 19.3. The molecule has 0 aliphatic carbocycles. The highest BCUT2D eigenvalue weighted by Crippen LogP contribution is 2.27. The van der Waals surface area contributed by atoms with Gasteiger partial charge in [-0.3, -0.25) is 4.79 Å². The zero-order valence-electron chi connectivity index (χ0n) is 18.5. The number of pyridine rings is 1. The minimum absolute atomic E-state index is 0.102. The van der Waals surface area contributed by atoms with Crippen LogP contribution in [-0.2, 0) is 16.6 Å². The maximum Gasteiger partial charge on any atom is 0.258 e. The summed E-state index contributed by atoms with van der Waals surface area (Å²) in [6.07, 6.45) is 0. The van der Waals surface area contributed by atoms with Gasteiger partial charge in [-0.2, -0.15) is 0 Å². The Morgan fingerprint density at radius 3 is 2.65 bits per heavy atom. The van der Waals surface area contributed by atoms with Crippen LogP contribution >= 0.6 is 0 Å². The Kier molecular flexibility index (Phi) is 6.08. The number of rotatable bonds is 6. The number of anilines is 1. The molecule has 0 saturated carbocycles. The van der Waals surface area contributed by atoms with E-state index in [0.717, 1.165) is 54.2 Å². The van der Waals surface area contributed by atoms with Gasteiger partial charge in [-0.25, -0.2) is 9.67 Å². The van der Waals surface area contributed by atoms with Crippen LogP contribution in [0.15, 0.2) is 30.3 Å². The van der Waals surface area contributed by atoms with E-state index in [2.05, 4.69) is 44.6 Å². The number of aromatic nitrogens is 3. The lowest BCUT2D eigenvalue weighted by Gasteiger charge is -2.29. The summed E-state index contributed by atoms with van der Waals surface area (Å²) >= 11 is 0. The van der Waals surface area contributed by atoms with E-state index >= 15 is 0 Å². The second-order valence-corrected chi connectivity index (χ2v) is 7.98. The Morgan fingerprint density at radius 1 is 1.23 bits per heavy atom. The molecule has 4 rings (SSSR count). The molecule has 1 aromatic carbocycles. The molecule has 1 N–H and O–H groups in total. The van der Waals surface area contributed by atoms with Crippen molar-refractivity contribution in [1.82, 2.24) is 20.1 Å². The van der Waals surface area contributed by atoms with Crippen LogP contribution in [0.3, 0.4) is 0 Å². The Labute approximate surface area is 182 Å². The number of benzene rings is 1. The number of nitrogens with zero attached hydrogens (tertiary/aromatic N) is 4. The van der Waals surface area contributed by atoms with Gasteiger partial charge >= 0.3 is 0 Å². The molecule has 3 heterocycles. The van der Waals surface area contributed by atoms with Gasteiger partial charge in [-0.05, 0) is 50.1 Å². The van der Waals surface area contributed by atoms with Crippen LogP contribution < -0.4 is 15.0 Å². The van der Waals surface area contributed by atoms with E-state index in [0.29, 0.717) is 5.88 Å². The quantitative estimate of drug-likeness (QED) is 0.657. The molecule has 1 amide bonds. The number of morpholine rings is 1. The highest BCUT2D eigenvalue weighted by molar-refractivity contribution is 5.85. The fraction of sp³-hybridized carbons (Fsp3) is 0.435. The number of ether oxygens (including phenoxy) is 2. The van der Waals surface area contributed by atoms with Crippen molar-refractivity contribution in [2.24, 2.45) is 7.05 Å². The van der Waals surface area contributed by atoms with Gasteiger partial charge < -0.3 is 19.7 Å². The molecule has 1 atom stereocenters. The first-order chi connectivity index (χ1) is 14.9. The standard InChI is InChI=1S/C23H29N5O3/c1-15-13-16(2)24-22-21(15)23(26-27(22)4)31-14-20(29)25-17(3)18-5-7-19(8-6-18)28-9-11-30-12-10-28/h5-8,13,17H,9-12,14H2,1-4H3,(H,25,29). The third-order valence-electron chi connectivity index (χ3n) is 5.57. The largest absolute Gasteiger partial charge is 0.466 e. The van der Waals surface area contributed by atoms with Gasteiger partial charge in [0.15, 0.2) is 12.3 Å². The first-order valence-corrected chi connectivity index (χ1v) is 10.6. The van der Waals surface area contributed by atoms with Crippen molar-refractivity contribution in [1.29, 1.82) is 0 Å². The van der Waals surface area contributed by atoms with Crippen molar-refractivity contribution < 1.29 is 14.3 Å². The Hall–Kier alpha value is -3.13. The van der Waals surface area contributed by atoms with Crippen molar-refractivity contribution in [3.63, 3.8) is 0 Å². The van der Waals surface area contributed by atoms with Gasteiger partial charge in [-0.1, -0.05) is 12.1 Å². The summed E-state index contributed by atoms with van der Waals surface area (Å²) in [5, 5.41) is 8.23. The zero-order valence-corrected chi connectivity index (χ0v) is 18.5. The van der Waals surface area contributed by atoms with Crippen LogP contribution in [0.25, 0.3) is 11.0 Å². The molecule has 1 aliphatic heterocycles. The predicted molar refractivity (Wildman–Crippen MR) is 120 cm³/mol. The highest BCUT2D eigenvalue weighted by Gasteiger charge is 2.17. The molecule has 3 aromatic rings. The van der Waals surface area contributed by atoms with Gasteiger partial charge in [0.05, 0.1) is 24.6 Å². The van der Waals surface area contributed by atoms with E-state index in [9.17, 15) is 4.79 Å². The van der Waals surface area contributed by atoms with Crippen LogP contribution in [0.4, 0.5) is 5.69 Å². The van der Waals surface area contributed by atoms with Crippen molar-refractivity contribution in [2.45, 2.75) is 26.8 Å². The first kappa shape index (κ1) is 21.1. The number of amides is 1. The third kappa shape index (κ3) is 4.64. The van der Waals surface area contributed by atoms with E-state index in [1.807, 2.05) is 33.9 Å². The first-order valence-electron chi connectivity index (χ1n) is 10.6. The minimum Gasteiger partial charge on any atom is -0.466 e. The number of hydrogen-bond acceptors (Lipinski definition) is 6. The van der Waals surface area contributed by atoms with E-state index in [4.69, 9.17) is 9.47 Å². The molecule has 1 saturated heterocycles. The van der Waals surface area contributed by atoms with Crippen LogP contribution in [0, 0.1) is 13.8 Å². The van der Waals surface area contributed by atoms with E-state index in [-0.39, 0.29) is 18.6 Å². The number of hydrogen-bond donors (Lipinski definition) is 1. The third-order valence-corrected chi connectivity index (χ3v) is 5.57. The molecular weight excluding hydrogens is 394 g/mol. The second kappa shape index (κ2) is 8.93. The molecular formula is C23H29N5O3. The maximum absolute atomic E-state index is 12.5. The number of carbonyl (C=O) groups is 1. The Balaban J connectivity index is 1.36. The Bertz CT molecular complexity index is 1070. The average Bonchev–Trinajstić information content (AvgIpc) is 3.08. The number of aryl methyl sites for hydroxylation is 3. The zero-order chi connectivity index (χ0) is 22.0. The molecule has 0 radical (unpaired) electrons. The molecule has 2 aromatic heterocycles. The molecule has 164 valence electrons. The molecule has 1 unspecified atom stereocenters. The molecule has 1 aliphatic rings. The van der Waals surface area contributed by atoms with Gasteiger partial charge in [0, 0.05) is 31.5 Å². The number of carbonyl (C=O) groups excluding carboxylic acids is 1. The molecule has 1 fully saturated rings. The summed E-state index contributed by atoms with van der Waals surface area (Å²) in [7, 11) is 1.82. The summed E-state index contributed by atoms with van der Waals surface area (Å²) in [6.45, 7) is 9.13. The van der Waals surface area contributed by atoms with Crippen molar-refractivity contribution in [3.8, 4) is 5.88 Å². The molecule has 8 nitrogen and oxygen atoms in total. The maximum atomic E-state index is 12.5. The fourth-order valence-electron chi connectivity index (χ4n) is 3.95. The summed E-state index contributed by atoms with van der Waals surface area (Å²) in [5.74, 6) is 0.237. The van der Waals surface area contributed by atoms with E-state index in [1.54, 1.807) is 4.68 Å². The number of nitrogens with one attached hydrogen (secondary N) is 1. The Morgan fingerprint density at radius 2 is 1.94 bits per heavy atom. The second-order valence-electron chi connectivity index (χ2n) is 7.98. The lowest BCUT2D eigenvalue weighted by atomic mass is 10.1. The van der Waals surface area contributed by atoms with Crippen LogP contribution in [-0.4, -0.2) is 53.6 Å². The summed E-state index contributed by atoms with van der Waals surface area (Å²) in [6, 6.07) is 10.2. The summed E-state index contributed by atoms with van der Waals surface area (Å²) < 4.78 is 12.8. The monoisotopic (exact) mass is 423 g/mol. The van der Waals surface area contributed by atoms with E-state index < -0.39 is 0 Å². The van der Waals surface area contributed by atoms with Crippen molar-refractivity contribution in [3.05, 3.63) is 47.2 Å². The topological polar surface area (TPSA) is 81.5 Å². The van der Waals surface area contributed by atoms with E-state index in [1.165, 1.54) is 5.69 Å². The predicted octanol–water partition coefficient (Wildman–Crippen LogP) is 2.68. The fourth-order valence-corrected chi connectivity index (χ4v) is 3.95. The lowest BCUT2D eigenvalue weighted by molar-refractivity contribution is -0.123. The van der Waals surface area contributed by atoms with Crippen LogP contribution in [0.1, 0.15) is 29.8 Å². The van der Waals surface area contributed by atoms with Gasteiger partial charge in [0.1, 0.15) is 0 Å². The molecule has 0 bridgehead atoms. The smallest absolute Gasteiger partial charge is 0.258 e. The van der Waals surface area contributed by atoms with Gasteiger partial charge in [0.25, 0.3) is 5.91 Å². The molecule has 0 spiro atoms. The SMILES string of the molecule is Cc1cc(C)c2c(OCC(=O)NC(C)c3ccc(N4CCOCC4)cc3)nn(C)c2n1. The minimum atomic E-state index is -0.193. The number of fused-ring (bicyclic) bond motifs is 1. The van der Waals surface area contributed by atoms with Crippen LogP contribution in [0.2, 0.25) is 0 Å². The molecule has 8 heteroatoms. The average molecular weight is 424 g/mol. The van der Waals surface area contributed by atoms with Crippen LogP contribution in [0.5, 0.6) is 5.88 Å².